The summed E-state index contributed by atoms with van der Waals surface area (Å²) in [5.74, 6) is -0.767. The van der Waals surface area contributed by atoms with Crippen molar-refractivity contribution in [2.24, 2.45) is 5.92 Å². The number of hydrogen-bond donors (Lipinski definition) is 2. The summed E-state index contributed by atoms with van der Waals surface area (Å²) in [5, 5.41) is 22.2. The summed E-state index contributed by atoms with van der Waals surface area (Å²) in [6.45, 7) is 3.71. The van der Waals surface area contributed by atoms with Gasteiger partial charge in [0, 0.05) is 12.1 Å². The van der Waals surface area contributed by atoms with Crippen LogP contribution in [0.5, 0.6) is 0 Å². The molecule has 1 aromatic rings. The Morgan fingerprint density at radius 2 is 2.33 bits per heavy atom. The van der Waals surface area contributed by atoms with Crippen molar-refractivity contribution in [3.8, 4) is 0 Å². The molecule has 2 N–H and O–H groups in total. The predicted octanol–water partition coefficient (Wildman–Crippen LogP) is 1.82. The number of nitrogens with zero attached hydrogens (tertiary/aromatic N) is 2. The zero-order valence-corrected chi connectivity index (χ0v) is 10.2. The van der Waals surface area contributed by atoms with Crippen molar-refractivity contribution < 1.29 is 14.8 Å². The van der Waals surface area contributed by atoms with Crippen LogP contribution in [0, 0.1) is 23.0 Å². The summed E-state index contributed by atoms with van der Waals surface area (Å²) < 4.78 is 0. The van der Waals surface area contributed by atoms with Crippen LogP contribution < -0.4 is 5.32 Å². The van der Waals surface area contributed by atoms with Crippen molar-refractivity contribution >= 4 is 17.5 Å². The van der Waals surface area contributed by atoms with E-state index < -0.39 is 16.8 Å². The number of hydrogen-bond acceptors (Lipinski definition) is 5. The average molecular weight is 253 g/mol. The lowest BCUT2D eigenvalue weighted by atomic mass is 10.1. The van der Waals surface area contributed by atoms with Gasteiger partial charge < -0.3 is 10.4 Å². The second-order valence-electron chi connectivity index (χ2n) is 4.07. The van der Waals surface area contributed by atoms with Gasteiger partial charge in [0.25, 0.3) is 5.69 Å². The highest BCUT2D eigenvalue weighted by Crippen LogP contribution is 2.18. The van der Waals surface area contributed by atoms with E-state index in [0.717, 1.165) is 0 Å². The maximum Gasteiger partial charge on any atom is 0.306 e. The summed E-state index contributed by atoms with van der Waals surface area (Å²) in [5.41, 5.74) is 0.489. The van der Waals surface area contributed by atoms with E-state index in [0.29, 0.717) is 24.3 Å². The van der Waals surface area contributed by atoms with Crippen LogP contribution in [0.4, 0.5) is 11.5 Å². The Morgan fingerprint density at radius 3 is 2.83 bits per heavy atom. The second kappa shape index (κ2) is 5.95. The Balaban J connectivity index is 2.56. The number of carboxylic acid groups (broad SMARTS) is 1. The molecule has 7 nitrogen and oxygen atoms in total. The van der Waals surface area contributed by atoms with Gasteiger partial charge in [-0.3, -0.25) is 14.9 Å². The first-order chi connectivity index (χ1) is 8.41. The predicted molar refractivity (Wildman–Crippen MR) is 65.5 cm³/mol. The molecule has 0 spiro atoms. The molecule has 18 heavy (non-hydrogen) atoms. The zero-order chi connectivity index (χ0) is 13.7. The van der Waals surface area contributed by atoms with Gasteiger partial charge >= 0.3 is 5.97 Å². The minimum Gasteiger partial charge on any atom is -0.481 e. The molecule has 7 heteroatoms. The van der Waals surface area contributed by atoms with Crippen LogP contribution in [-0.4, -0.2) is 27.5 Å². The Bertz CT molecular complexity index is 462. The first-order valence-electron chi connectivity index (χ1n) is 5.49. The number of aliphatic carboxylic acids is 1. The number of carboxylic acids is 1. The Kier molecular flexibility index (Phi) is 4.59. The topological polar surface area (TPSA) is 105 Å². The number of aromatic nitrogens is 1. The lowest BCUT2D eigenvalue weighted by Crippen LogP contribution is -2.14. The first-order valence-corrected chi connectivity index (χ1v) is 5.49. The molecule has 1 unspecified atom stereocenters. The maximum absolute atomic E-state index is 10.6. The van der Waals surface area contributed by atoms with Crippen LogP contribution in [0.25, 0.3) is 0 Å². The molecule has 0 amide bonds. The lowest BCUT2D eigenvalue weighted by molar-refractivity contribution is -0.385. The van der Waals surface area contributed by atoms with Crippen molar-refractivity contribution in [3.05, 3.63) is 27.9 Å². The van der Waals surface area contributed by atoms with E-state index in [1.54, 1.807) is 19.9 Å². The maximum atomic E-state index is 10.6. The van der Waals surface area contributed by atoms with Crippen molar-refractivity contribution in [3.63, 3.8) is 0 Å². The quantitative estimate of drug-likeness (QED) is 0.591. The van der Waals surface area contributed by atoms with Crippen molar-refractivity contribution in [1.29, 1.82) is 0 Å². The number of rotatable bonds is 6. The zero-order valence-electron chi connectivity index (χ0n) is 10.2. The molecule has 0 aliphatic heterocycles. The molecular weight excluding hydrogens is 238 g/mol. The third-order valence-electron chi connectivity index (χ3n) is 2.58. The molecule has 0 aliphatic rings. The number of anilines is 1. The van der Waals surface area contributed by atoms with Gasteiger partial charge in [0.2, 0.25) is 0 Å². The van der Waals surface area contributed by atoms with E-state index in [2.05, 4.69) is 10.3 Å². The molecule has 0 aliphatic carbocycles. The number of aryl methyl sites for hydroxylation is 1. The minimum atomic E-state index is -0.843. The SMILES string of the molecule is Cc1cc(NCCC(C)C(=O)O)ncc1[N+](=O)[O-]. The van der Waals surface area contributed by atoms with E-state index in [1.807, 2.05) is 0 Å². The van der Waals surface area contributed by atoms with E-state index in [9.17, 15) is 14.9 Å². The highest BCUT2D eigenvalue weighted by atomic mass is 16.6. The molecule has 0 saturated heterocycles. The van der Waals surface area contributed by atoms with Crippen LogP contribution in [0.1, 0.15) is 18.9 Å². The van der Waals surface area contributed by atoms with Crippen LogP contribution in [0.15, 0.2) is 12.3 Å². The number of pyridine rings is 1. The molecule has 0 fully saturated rings. The third kappa shape index (κ3) is 3.69. The van der Waals surface area contributed by atoms with Gasteiger partial charge in [0.05, 0.1) is 10.8 Å². The molecule has 1 aromatic heterocycles. The summed E-state index contributed by atoms with van der Waals surface area (Å²) in [6, 6.07) is 1.57. The number of nitro groups is 1. The monoisotopic (exact) mass is 253 g/mol. The van der Waals surface area contributed by atoms with Gasteiger partial charge in [-0.25, -0.2) is 4.98 Å². The van der Waals surface area contributed by atoms with Crippen LogP contribution in [0.3, 0.4) is 0 Å². The normalized spacial score (nSPS) is 11.9. The van der Waals surface area contributed by atoms with Gasteiger partial charge in [0.15, 0.2) is 0 Å². The fourth-order valence-corrected chi connectivity index (χ4v) is 1.38. The molecule has 1 atom stereocenters. The Hall–Kier alpha value is -2.18. The Labute approximate surface area is 104 Å². The van der Waals surface area contributed by atoms with Crippen molar-refractivity contribution in [2.45, 2.75) is 20.3 Å². The number of carbonyl (C=O) groups is 1. The fourth-order valence-electron chi connectivity index (χ4n) is 1.38. The van der Waals surface area contributed by atoms with Gasteiger partial charge in [0.1, 0.15) is 12.0 Å². The summed E-state index contributed by atoms with van der Waals surface area (Å²) in [4.78, 5) is 24.6. The highest BCUT2D eigenvalue weighted by molar-refractivity contribution is 5.69. The van der Waals surface area contributed by atoms with E-state index in [-0.39, 0.29) is 5.69 Å². The standard InChI is InChI=1S/C11H15N3O4/c1-7(11(15)16)3-4-12-10-5-8(2)9(6-13-10)14(17)18/h5-7H,3-4H2,1-2H3,(H,12,13)(H,15,16). The lowest BCUT2D eigenvalue weighted by Gasteiger charge is -2.08. The summed E-state index contributed by atoms with van der Waals surface area (Å²) >= 11 is 0. The molecule has 0 aromatic carbocycles. The molecule has 0 saturated carbocycles. The summed E-state index contributed by atoms with van der Waals surface area (Å²) in [7, 11) is 0. The van der Waals surface area contributed by atoms with Crippen LogP contribution in [0.2, 0.25) is 0 Å². The van der Waals surface area contributed by atoms with Crippen molar-refractivity contribution in [1.82, 2.24) is 4.98 Å². The third-order valence-corrected chi connectivity index (χ3v) is 2.58. The van der Waals surface area contributed by atoms with Gasteiger partial charge in [-0.15, -0.1) is 0 Å². The molecule has 98 valence electrons. The van der Waals surface area contributed by atoms with E-state index >= 15 is 0 Å². The number of nitrogens with one attached hydrogen (secondary N) is 1. The molecule has 0 bridgehead atoms. The van der Waals surface area contributed by atoms with E-state index in [1.165, 1.54) is 6.20 Å². The average Bonchev–Trinajstić information content (AvgIpc) is 2.28. The molecule has 1 heterocycles. The van der Waals surface area contributed by atoms with Crippen molar-refractivity contribution in [2.75, 3.05) is 11.9 Å². The second-order valence-corrected chi connectivity index (χ2v) is 4.07. The smallest absolute Gasteiger partial charge is 0.306 e. The molecular formula is C11H15N3O4. The van der Waals surface area contributed by atoms with Gasteiger partial charge in [-0.1, -0.05) is 6.92 Å². The first kappa shape index (κ1) is 13.9. The van der Waals surface area contributed by atoms with Crippen LogP contribution in [-0.2, 0) is 4.79 Å². The van der Waals surface area contributed by atoms with Crippen LogP contribution >= 0.6 is 0 Å². The highest BCUT2D eigenvalue weighted by Gasteiger charge is 2.12. The van der Waals surface area contributed by atoms with E-state index in [4.69, 9.17) is 5.11 Å². The molecule has 0 radical (unpaired) electrons. The largest absolute Gasteiger partial charge is 0.481 e. The fraction of sp³-hybridized carbons (Fsp3) is 0.455. The summed E-state index contributed by atoms with van der Waals surface area (Å²) in [6.07, 6.45) is 1.66. The molecule has 1 rings (SSSR count). The van der Waals surface area contributed by atoms with Gasteiger partial charge in [-0.2, -0.15) is 0 Å². The Morgan fingerprint density at radius 1 is 1.67 bits per heavy atom. The minimum absolute atomic E-state index is 0.0283. The van der Waals surface area contributed by atoms with Gasteiger partial charge in [-0.05, 0) is 19.4 Å².